The second kappa shape index (κ2) is 7.04. The lowest BCUT2D eigenvalue weighted by Gasteiger charge is -2.15. The molecule has 0 bridgehead atoms. The number of benzene rings is 1. The van der Waals surface area contributed by atoms with Crippen molar-refractivity contribution >= 4 is 10.5 Å². The van der Waals surface area contributed by atoms with Crippen LogP contribution in [0.15, 0.2) is 24.3 Å². The molecule has 2 atom stereocenters. The van der Waals surface area contributed by atoms with E-state index in [0.717, 1.165) is 32.7 Å². The van der Waals surface area contributed by atoms with Gasteiger partial charge in [0.2, 0.25) is 10.5 Å². The molecule has 1 heterocycles. The Morgan fingerprint density at radius 3 is 2.94 bits per heavy atom. The highest BCUT2D eigenvalue weighted by atomic mass is 28.2. The van der Waals surface area contributed by atoms with E-state index in [1.807, 2.05) is 13.0 Å². The lowest BCUT2D eigenvalue weighted by Crippen LogP contribution is -2.06. The topological polar surface area (TPSA) is 31.0 Å². The summed E-state index contributed by atoms with van der Waals surface area (Å²) in [6, 6.07) is 8.37. The number of ether oxygens (including phenoxy) is 2. The standard InChI is InChI=1S/C14H19O3Si/c1-11(17-18)14-7-3-2-5-12(14)6-4-8-15-9-13-10-16-13/h2-3,5,7,11,13H,4,6,8-10H2,1H3. The highest BCUT2D eigenvalue weighted by Gasteiger charge is 2.21. The predicted molar refractivity (Wildman–Crippen MR) is 70.6 cm³/mol. The molecule has 97 valence electrons. The minimum absolute atomic E-state index is 0.0682. The van der Waals surface area contributed by atoms with E-state index in [9.17, 15) is 0 Å². The number of aryl methyl sites for hydroxylation is 1. The molecule has 0 aliphatic carbocycles. The summed E-state index contributed by atoms with van der Waals surface area (Å²) >= 11 is 0. The molecule has 1 aliphatic rings. The summed E-state index contributed by atoms with van der Waals surface area (Å²) in [6.45, 7) is 4.43. The molecule has 3 nitrogen and oxygen atoms in total. The van der Waals surface area contributed by atoms with Crippen molar-refractivity contribution in [1.29, 1.82) is 0 Å². The largest absolute Gasteiger partial charge is 0.412 e. The van der Waals surface area contributed by atoms with Gasteiger partial charge in [0.1, 0.15) is 6.10 Å². The number of hydrogen-bond donors (Lipinski definition) is 0. The second-order valence-corrected chi connectivity index (χ2v) is 4.83. The van der Waals surface area contributed by atoms with Crippen LogP contribution < -0.4 is 0 Å². The molecule has 0 amide bonds. The van der Waals surface area contributed by atoms with Crippen molar-refractivity contribution in [3.05, 3.63) is 35.4 Å². The smallest absolute Gasteiger partial charge is 0.247 e. The van der Waals surface area contributed by atoms with Crippen LogP contribution in [0.1, 0.15) is 30.6 Å². The normalized spacial score (nSPS) is 19.8. The van der Waals surface area contributed by atoms with Gasteiger partial charge >= 0.3 is 0 Å². The van der Waals surface area contributed by atoms with Gasteiger partial charge in [-0.05, 0) is 30.9 Å². The fourth-order valence-corrected chi connectivity index (χ4v) is 2.09. The fourth-order valence-electron chi connectivity index (χ4n) is 1.97. The molecule has 0 aromatic heterocycles. The summed E-state index contributed by atoms with van der Waals surface area (Å²) in [4.78, 5) is 0. The first kappa shape index (κ1) is 13.7. The molecule has 1 fully saturated rings. The van der Waals surface area contributed by atoms with E-state index in [1.165, 1.54) is 11.1 Å². The minimum atomic E-state index is 0.0682. The minimum Gasteiger partial charge on any atom is -0.412 e. The summed E-state index contributed by atoms with van der Waals surface area (Å²) in [6.07, 6.45) is 2.47. The van der Waals surface area contributed by atoms with E-state index in [-0.39, 0.29) is 6.10 Å². The Labute approximate surface area is 112 Å². The molecule has 1 aromatic rings. The zero-order valence-corrected chi connectivity index (χ0v) is 11.7. The van der Waals surface area contributed by atoms with Gasteiger partial charge < -0.3 is 13.9 Å². The van der Waals surface area contributed by atoms with Crippen LogP contribution in [0.3, 0.4) is 0 Å². The van der Waals surface area contributed by atoms with Gasteiger partial charge in [-0.3, -0.25) is 0 Å². The Hall–Kier alpha value is -0.683. The predicted octanol–water partition coefficient (Wildman–Crippen LogP) is 2.20. The lowest BCUT2D eigenvalue weighted by atomic mass is 10.00. The van der Waals surface area contributed by atoms with Gasteiger partial charge in [0.15, 0.2) is 0 Å². The van der Waals surface area contributed by atoms with Crippen LogP contribution in [0.5, 0.6) is 0 Å². The van der Waals surface area contributed by atoms with Crippen molar-refractivity contribution < 1.29 is 13.9 Å². The van der Waals surface area contributed by atoms with Crippen molar-refractivity contribution in [2.24, 2.45) is 0 Å². The van der Waals surface area contributed by atoms with Crippen LogP contribution in [0, 0.1) is 0 Å². The Bertz CT molecular complexity index is 366. The van der Waals surface area contributed by atoms with Gasteiger partial charge in [0, 0.05) is 6.61 Å². The highest BCUT2D eigenvalue weighted by Crippen LogP contribution is 2.21. The van der Waals surface area contributed by atoms with Crippen molar-refractivity contribution in [3.63, 3.8) is 0 Å². The Morgan fingerprint density at radius 1 is 1.44 bits per heavy atom. The third-order valence-electron chi connectivity index (χ3n) is 3.11. The van der Waals surface area contributed by atoms with E-state index < -0.39 is 0 Å². The van der Waals surface area contributed by atoms with E-state index >= 15 is 0 Å². The second-order valence-electron chi connectivity index (χ2n) is 4.59. The van der Waals surface area contributed by atoms with E-state index in [0.29, 0.717) is 6.10 Å². The summed E-state index contributed by atoms with van der Waals surface area (Å²) in [5, 5.41) is 0. The van der Waals surface area contributed by atoms with Crippen molar-refractivity contribution in [2.45, 2.75) is 32.0 Å². The molecule has 2 unspecified atom stereocenters. The van der Waals surface area contributed by atoms with Crippen LogP contribution in [0.25, 0.3) is 0 Å². The van der Waals surface area contributed by atoms with E-state index in [2.05, 4.69) is 28.7 Å². The lowest BCUT2D eigenvalue weighted by molar-refractivity contribution is 0.114. The molecule has 1 aromatic carbocycles. The quantitative estimate of drug-likeness (QED) is 0.409. The van der Waals surface area contributed by atoms with E-state index in [1.54, 1.807) is 0 Å². The summed E-state index contributed by atoms with van der Waals surface area (Å²) in [7, 11) is 3.11. The molecule has 3 radical (unpaired) electrons. The molecule has 0 spiro atoms. The molecule has 4 heteroatoms. The van der Waals surface area contributed by atoms with Crippen LogP contribution in [0.2, 0.25) is 0 Å². The van der Waals surface area contributed by atoms with Crippen molar-refractivity contribution in [2.75, 3.05) is 19.8 Å². The van der Waals surface area contributed by atoms with Gasteiger partial charge in [-0.25, -0.2) is 0 Å². The molecule has 0 saturated carbocycles. The first-order valence-electron chi connectivity index (χ1n) is 6.40. The zero-order chi connectivity index (χ0) is 12.8. The van der Waals surface area contributed by atoms with Gasteiger partial charge in [-0.1, -0.05) is 24.3 Å². The fraction of sp³-hybridized carbons (Fsp3) is 0.571. The molecule has 0 N–H and O–H groups in total. The first-order chi connectivity index (χ1) is 8.81. The third kappa shape index (κ3) is 4.21. The average molecular weight is 263 g/mol. The van der Waals surface area contributed by atoms with Crippen molar-refractivity contribution in [3.8, 4) is 0 Å². The Balaban J connectivity index is 1.76. The average Bonchev–Trinajstić information content (AvgIpc) is 3.22. The monoisotopic (exact) mass is 263 g/mol. The third-order valence-corrected chi connectivity index (χ3v) is 3.46. The number of hydrogen-bond acceptors (Lipinski definition) is 3. The van der Waals surface area contributed by atoms with Crippen LogP contribution in [-0.2, 0) is 20.3 Å². The van der Waals surface area contributed by atoms with E-state index in [4.69, 9.17) is 13.9 Å². The summed E-state index contributed by atoms with van der Waals surface area (Å²) < 4.78 is 15.8. The maximum Gasteiger partial charge on any atom is 0.247 e. The molecule has 1 aliphatic heterocycles. The molecule has 2 rings (SSSR count). The van der Waals surface area contributed by atoms with Gasteiger partial charge in [-0.15, -0.1) is 0 Å². The van der Waals surface area contributed by atoms with Crippen LogP contribution in [-0.4, -0.2) is 36.4 Å². The van der Waals surface area contributed by atoms with Crippen molar-refractivity contribution in [1.82, 2.24) is 0 Å². The van der Waals surface area contributed by atoms with Gasteiger partial charge in [0.25, 0.3) is 0 Å². The van der Waals surface area contributed by atoms with Gasteiger partial charge in [0.05, 0.1) is 19.3 Å². The molecular formula is C14H19O3Si. The summed E-state index contributed by atoms with van der Waals surface area (Å²) in [5.41, 5.74) is 2.56. The highest BCUT2D eigenvalue weighted by molar-refractivity contribution is 5.98. The Kier molecular flexibility index (Phi) is 5.38. The van der Waals surface area contributed by atoms with Gasteiger partial charge in [-0.2, -0.15) is 0 Å². The molecule has 1 saturated heterocycles. The molecule has 18 heavy (non-hydrogen) atoms. The zero-order valence-electron chi connectivity index (χ0n) is 10.7. The maximum absolute atomic E-state index is 5.54. The maximum atomic E-state index is 5.54. The first-order valence-corrected chi connectivity index (χ1v) is 6.81. The van der Waals surface area contributed by atoms with Crippen LogP contribution >= 0.6 is 0 Å². The SMILES string of the molecule is CC(O[Si])c1ccccc1CCCOCC1CO1. The number of rotatable bonds is 8. The molecular weight excluding hydrogens is 244 g/mol. The number of epoxide rings is 1. The Morgan fingerprint density at radius 2 is 2.22 bits per heavy atom. The van der Waals surface area contributed by atoms with Crippen LogP contribution in [0.4, 0.5) is 0 Å². The summed E-state index contributed by atoms with van der Waals surface area (Å²) in [5.74, 6) is 0.